The van der Waals surface area contributed by atoms with Crippen LogP contribution in [-0.4, -0.2) is 37.0 Å². The average molecular weight is 334 g/mol. The Labute approximate surface area is 139 Å². The molecule has 0 aromatic heterocycles. The number of carbonyl (C=O) groups is 1. The lowest BCUT2D eigenvalue weighted by Gasteiger charge is -2.23. The largest absolute Gasteiger partial charge is 0.328 e. The standard InChI is InChI=1S/C15H23N3O.2ClH/c1-12(16)7-8-15(19)18-10-9-17(2)11-13-5-3-4-6-14(13)18;;/h3-6,12H,7-11,16H2,1-2H3;2*1H. The van der Waals surface area contributed by atoms with Crippen molar-refractivity contribution in [3.05, 3.63) is 29.8 Å². The molecule has 0 radical (unpaired) electrons. The molecular formula is C15H25Cl2N3O. The van der Waals surface area contributed by atoms with Gasteiger partial charge in [0.2, 0.25) is 5.91 Å². The van der Waals surface area contributed by atoms with E-state index in [1.807, 2.05) is 30.0 Å². The lowest BCUT2D eigenvalue weighted by atomic mass is 10.1. The third-order valence-corrected chi connectivity index (χ3v) is 3.54. The number of fused-ring (bicyclic) bond motifs is 1. The Morgan fingerprint density at radius 1 is 1.29 bits per heavy atom. The van der Waals surface area contributed by atoms with Crippen molar-refractivity contribution in [2.45, 2.75) is 32.4 Å². The molecule has 21 heavy (non-hydrogen) atoms. The molecule has 0 saturated carbocycles. The van der Waals surface area contributed by atoms with Crippen LogP contribution >= 0.6 is 24.8 Å². The van der Waals surface area contributed by atoms with Gasteiger partial charge in [0.25, 0.3) is 0 Å². The summed E-state index contributed by atoms with van der Waals surface area (Å²) in [7, 11) is 2.09. The van der Waals surface area contributed by atoms with Crippen molar-refractivity contribution in [2.24, 2.45) is 5.73 Å². The van der Waals surface area contributed by atoms with Crippen LogP contribution in [0.15, 0.2) is 24.3 Å². The summed E-state index contributed by atoms with van der Waals surface area (Å²) < 4.78 is 0. The van der Waals surface area contributed by atoms with Crippen LogP contribution in [0.2, 0.25) is 0 Å². The zero-order valence-electron chi connectivity index (χ0n) is 12.6. The van der Waals surface area contributed by atoms with Crippen molar-refractivity contribution in [1.82, 2.24) is 4.90 Å². The number of nitrogens with zero attached hydrogens (tertiary/aromatic N) is 2. The van der Waals surface area contributed by atoms with Crippen LogP contribution in [0.3, 0.4) is 0 Å². The molecule has 0 fully saturated rings. The predicted octanol–water partition coefficient (Wildman–Crippen LogP) is 2.44. The number of amides is 1. The minimum atomic E-state index is 0. The molecule has 120 valence electrons. The zero-order chi connectivity index (χ0) is 13.8. The highest BCUT2D eigenvalue weighted by Crippen LogP contribution is 2.25. The summed E-state index contributed by atoms with van der Waals surface area (Å²) in [5.41, 5.74) is 8.01. The van der Waals surface area contributed by atoms with Gasteiger partial charge in [-0.25, -0.2) is 0 Å². The molecule has 0 saturated heterocycles. The molecular weight excluding hydrogens is 309 g/mol. The molecule has 1 amide bonds. The van der Waals surface area contributed by atoms with Gasteiger partial charge in [-0.1, -0.05) is 18.2 Å². The number of hydrogen-bond donors (Lipinski definition) is 1. The summed E-state index contributed by atoms with van der Waals surface area (Å²) in [6.45, 7) is 4.49. The smallest absolute Gasteiger partial charge is 0.227 e. The Morgan fingerprint density at radius 3 is 2.62 bits per heavy atom. The van der Waals surface area contributed by atoms with Crippen LogP contribution < -0.4 is 10.6 Å². The number of nitrogens with two attached hydrogens (primary N) is 1. The number of benzene rings is 1. The average Bonchev–Trinajstić information content (AvgIpc) is 2.54. The van der Waals surface area contributed by atoms with E-state index in [0.29, 0.717) is 6.42 Å². The van der Waals surface area contributed by atoms with Gasteiger partial charge in [-0.2, -0.15) is 0 Å². The number of anilines is 1. The summed E-state index contributed by atoms with van der Waals surface area (Å²) in [6.07, 6.45) is 1.27. The highest BCUT2D eigenvalue weighted by atomic mass is 35.5. The topological polar surface area (TPSA) is 49.6 Å². The van der Waals surface area contributed by atoms with E-state index in [2.05, 4.69) is 18.0 Å². The SMILES string of the molecule is CC(N)CCC(=O)N1CCN(C)Cc2ccccc21.Cl.Cl. The van der Waals surface area contributed by atoms with Crippen LogP contribution in [0.4, 0.5) is 5.69 Å². The van der Waals surface area contributed by atoms with Crippen molar-refractivity contribution in [3.8, 4) is 0 Å². The minimum absolute atomic E-state index is 0. The summed E-state index contributed by atoms with van der Waals surface area (Å²) in [5.74, 6) is 0.181. The van der Waals surface area contributed by atoms with E-state index < -0.39 is 0 Å². The fraction of sp³-hybridized carbons (Fsp3) is 0.533. The molecule has 0 bridgehead atoms. The summed E-state index contributed by atoms with van der Waals surface area (Å²) in [4.78, 5) is 16.5. The first kappa shape index (κ1) is 20.2. The Kier molecular flexibility index (Phi) is 8.90. The van der Waals surface area contributed by atoms with Crippen LogP contribution in [0.5, 0.6) is 0 Å². The highest BCUT2D eigenvalue weighted by molar-refractivity contribution is 5.94. The third kappa shape index (κ3) is 5.47. The quantitative estimate of drug-likeness (QED) is 0.924. The molecule has 1 heterocycles. The van der Waals surface area contributed by atoms with Crippen LogP contribution in [0.25, 0.3) is 0 Å². The van der Waals surface area contributed by atoms with Crippen molar-refractivity contribution in [3.63, 3.8) is 0 Å². The van der Waals surface area contributed by atoms with Gasteiger partial charge in [-0.15, -0.1) is 24.8 Å². The van der Waals surface area contributed by atoms with Crippen molar-refractivity contribution in [2.75, 3.05) is 25.0 Å². The van der Waals surface area contributed by atoms with E-state index in [4.69, 9.17) is 5.73 Å². The normalized spacial score (nSPS) is 16.0. The molecule has 1 aliphatic heterocycles. The second-order valence-electron chi connectivity index (χ2n) is 5.43. The van der Waals surface area contributed by atoms with E-state index in [1.54, 1.807) is 0 Å². The summed E-state index contributed by atoms with van der Waals surface area (Å²) in [5, 5.41) is 0. The van der Waals surface area contributed by atoms with Crippen LogP contribution in [0.1, 0.15) is 25.3 Å². The van der Waals surface area contributed by atoms with Gasteiger partial charge in [0.1, 0.15) is 0 Å². The number of hydrogen-bond acceptors (Lipinski definition) is 3. The fourth-order valence-corrected chi connectivity index (χ4v) is 2.41. The summed E-state index contributed by atoms with van der Waals surface area (Å²) in [6, 6.07) is 8.24. The number of carbonyl (C=O) groups excluding carboxylic acids is 1. The second kappa shape index (κ2) is 9.26. The van der Waals surface area contributed by atoms with E-state index in [1.165, 1.54) is 5.56 Å². The van der Waals surface area contributed by atoms with Gasteiger partial charge in [0.05, 0.1) is 0 Å². The van der Waals surface area contributed by atoms with Gasteiger partial charge < -0.3 is 15.5 Å². The third-order valence-electron chi connectivity index (χ3n) is 3.54. The van der Waals surface area contributed by atoms with E-state index in [-0.39, 0.29) is 36.8 Å². The molecule has 1 unspecified atom stereocenters. The van der Waals surface area contributed by atoms with Crippen LogP contribution in [-0.2, 0) is 11.3 Å². The lowest BCUT2D eigenvalue weighted by molar-refractivity contribution is -0.118. The minimum Gasteiger partial charge on any atom is -0.328 e. The zero-order valence-corrected chi connectivity index (χ0v) is 14.3. The molecule has 2 rings (SSSR count). The molecule has 2 N–H and O–H groups in total. The van der Waals surface area contributed by atoms with Crippen molar-refractivity contribution in [1.29, 1.82) is 0 Å². The molecule has 4 nitrogen and oxygen atoms in total. The molecule has 0 aliphatic carbocycles. The molecule has 1 aromatic rings. The maximum absolute atomic E-state index is 12.4. The highest BCUT2D eigenvalue weighted by Gasteiger charge is 2.22. The van der Waals surface area contributed by atoms with Gasteiger partial charge in [0.15, 0.2) is 0 Å². The Bertz CT molecular complexity index is 454. The second-order valence-corrected chi connectivity index (χ2v) is 5.43. The number of likely N-dealkylation sites (N-methyl/N-ethyl adjacent to an activating group) is 1. The maximum atomic E-state index is 12.4. The monoisotopic (exact) mass is 333 g/mol. The van der Waals surface area contributed by atoms with Gasteiger partial charge in [-0.3, -0.25) is 4.79 Å². The molecule has 6 heteroatoms. The maximum Gasteiger partial charge on any atom is 0.227 e. The number of rotatable bonds is 3. The predicted molar refractivity (Wildman–Crippen MR) is 92.5 cm³/mol. The van der Waals surface area contributed by atoms with E-state index >= 15 is 0 Å². The van der Waals surface area contributed by atoms with Crippen LogP contribution in [0, 0.1) is 0 Å². The van der Waals surface area contributed by atoms with Gasteiger partial charge in [0, 0.05) is 37.8 Å². The van der Waals surface area contributed by atoms with E-state index in [9.17, 15) is 4.79 Å². The Balaban J connectivity index is 0.00000200. The van der Waals surface area contributed by atoms with E-state index in [0.717, 1.165) is 31.7 Å². The summed E-state index contributed by atoms with van der Waals surface area (Å²) >= 11 is 0. The Hall–Kier alpha value is -0.810. The molecule has 1 atom stereocenters. The number of para-hydroxylation sites is 1. The van der Waals surface area contributed by atoms with Gasteiger partial charge in [-0.05, 0) is 32.0 Å². The number of halogens is 2. The molecule has 1 aliphatic rings. The van der Waals surface area contributed by atoms with Crippen molar-refractivity contribution >= 4 is 36.4 Å². The fourth-order valence-electron chi connectivity index (χ4n) is 2.41. The molecule has 1 aromatic carbocycles. The lowest BCUT2D eigenvalue weighted by Crippen LogP contribution is -2.35. The Morgan fingerprint density at radius 2 is 1.95 bits per heavy atom. The first-order valence-electron chi connectivity index (χ1n) is 6.90. The van der Waals surface area contributed by atoms with Gasteiger partial charge >= 0.3 is 0 Å². The molecule has 0 spiro atoms. The van der Waals surface area contributed by atoms with Crippen molar-refractivity contribution < 1.29 is 4.79 Å². The first-order chi connectivity index (χ1) is 9.08. The first-order valence-corrected chi connectivity index (χ1v) is 6.90.